The van der Waals surface area contributed by atoms with Crippen LogP contribution >= 0.6 is 22.6 Å². The van der Waals surface area contributed by atoms with Crippen LogP contribution in [-0.2, 0) is 16.4 Å². The van der Waals surface area contributed by atoms with Crippen LogP contribution in [-0.4, -0.2) is 20.2 Å². The predicted molar refractivity (Wildman–Crippen MR) is 78.9 cm³/mol. The Morgan fingerprint density at radius 3 is 2.71 bits per heavy atom. The monoisotopic (exact) mass is 365 g/mol. The molecule has 0 bridgehead atoms. The van der Waals surface area contributed by atoms with Crippen molar-refractivity contribution in [1.29, 1.82) is 0 Å². The van der Waals surface area contributed by atoms with Crippen LogP contribution in [0.2, 0.25) is 0 Å². The second-order valence-corrected chi connectivity index (χ2v) is 8.20. The van der Waals surface area contributed by atoms with Crippen LogP contribution in [0.15, 0.2) is 18.2 Å². The van der Waals surface area contributed by atoms with Gasteiger partial charge in [0.1, 0.15) is 0 Å². The van der Waals surface area contributed by atoms with Crippen molar-refractivity contribution in [1.82, 2.24) is 0 Å². The van der Waals surface area contributed by atoms with E-state index in [1.165, 1.54) is 0 Å². The standard InChI is InChI=1S/C12H16INO2S/c1-9(2)17(15,16)14-7-3-4-10-8-11(13)5-6-12(10)14/h5-6,8-9H,3-4,7H2,1-2H3. The van der Waals surface area contributed by atoms with Gasteiger partial charge in [0.25, 0.3) is 0 Å². The number of halogens is 1. The van der Waals surface area contributed by atoms with E-state index in [4.69, 9.17) is 0 Å². The summed E-state index contributed by atoms with van der Waals surface area (Å²) in [5.74, 6) is 0. The molecule has 0 N–H and O–H groups in total. The number of aryl methyl sites for hydroxylation is 1. The first-order valence-corrected chi connectivity index (χ1v) is 8.31. The first-order valence-electron chi connectivity index (χ1n) is 5.73. The zero-order valence-corrected chi connectivity index (χ0v) is 13.0. The molecule has 0 unspecified atom stereocenters. The Bertz CT molecular complexity index is 525. The lowest BCUT2D eigenvalue weighted by molar-refractivity contribution is 0.578. The van der Waals surface area contributed by atoms with Gasteiger partial charge in [-0.1, -0.05) is 0 Å². The van der Waals surface area contributed by atoms with Gasteiger partial charge in [0.05, 0.1) is 10.9 Å². The van der Waals surface area contributed by atoms with Gasteiger partial charge in [-0.25, -0.2) is 8.42 Å². The highest BCUT2D eigenvalue weighted by molar-refractivity contribution is 14.1. The van der Waals surface area contributed by atoms with E-state index in [0.717, 1.165) is 27.7 Å². The normalized spacial score (nSPS) is 16.1. The number of fused-ring (bicyclic) bond motifs is 1. The summed E-state index contributed by atoms with van der Waals surface area (Å²) in [6, 6.07) is 5.97. The van der Waals surface area contributed by atoms with E-state index >= 15 is 0 Å². The molecule has 94 valence electrons. The summed E-state index contributed by atoms with van der Waals surface area (Å²) in [6.07, 6.45) is 1.87. The average molecular weight is 365 g/mol. The Morgan fingerprint density at radius 1 is 1.35 bits per heavy atom. The summed E-state index contributed by atoms with van der Waals surface area (Å²) in [4.78, 5) is 0. The van der Waals surface area contributed by atoms with E-state index in [0.29, 0.717) is 6.54 Å². The minimum absolute atomic E-state index is 0.368. The van der Waals surface area contributed by atoms with Crippen molar-refractivity contribution in [3.05, 3.63) is 27.3 Å². The quantitative estimate of drug-likeness (QED) is 0.756. The maximum absolute atomic E-state index is 12.3. The lowest BCUT2D eigenvalue weighted by Crippen LogP contribution is -2.39. The van der Waals surface area contributed by atoms with Gasteiger partial charge in [0.2, 0.25) is 10.0 Å². The number of benzene rings is 1. The SMILES string of the molecule is CC(C)S(=O)(=O)N1CCCc2cc(I)ccc21. The van der Waals surface area contributed by atoms with Gasteiger partial charge in [-0.05, 0) is 73.0 Å². The third-order valence-corrected chi connectivity index (χ3v) is 5.88. The third kappa shape index (κ3) is 2.45. The van der Waals surface area contributed by atoms with E-state index in [1.54, 1.807) is 18.2 Å². The molecule has 1 aromatic rings. The number of hydrogen-bond donors (Lipinski definition) is 0. The Hall–Kier alpha value is -0.300. The van der Waals surface area contributed by atoms with Crippen LogP contribution in [0.25, 0.3) is 0 Å². The number of nitrogens with zero attached hydrogens (tertiary/aromatic N) is 1. The van der Waals surface area contributed by atoms with Crippen LogP contribution in [0.1, 0.15) is 25.8 Å². The lowest BCUT2D eigenvalue weighted by atomic mass is 10.0. The number of anilines is 1. The van der Waals surface area contributed by atoms with Crippen molar-refractivity contribution in [2.24, 2.45) is 0 Å². The molecule has 2 rings (SSSR count). The molecular weight excluding hydrogens is 349 g/mol. The van der Waals surface area contributed by atoms with Crippen molar-refractivity contribution in [2.75, 3.05) is 10.8 Å². The fraction of sp³-hybridized carbons (Fsp3) is 0.500. The molecule has 0 spiro atoms. The molecule has 17 heavy (non-hydrogen) atoms. The Kier molecular flexibility index (Phi) is 3.68. The minimum Gasteiger partial charge on any atom is -0.270 e. The highest BCUT2D eigenvalue weighted by atomic mass is 127. The molecule has 1 aliphatic rings. The van der Waals surface area contributed by atoms with Crippen LogP contribution in [0.4, 0.5) is 5.69 Å². The number of rotatable bonds is 2. The van der Waals surface area contributed by atoms with E-state index in [9.17, 15) is 8.42 Å². The zero-order valence-electron chi connectivity index (χ0n) is 9.98. The summed E-state index contributed by atoms with van der Waals surface area (Å²) in [5, 5.41) is -0.368. The Labute approximate surface area is 116 Å². The largest absolute Gasteiger partial charge is 0.270 e. The predicted octanol–water partition coefficient (Wildman–Crippen LogP) is 2.78. The highest BCUT2D eigenvalue weighted by Crippen LogP contribution is 2.31. The second-order valence-electron chi connectivity index (χ2n) is 4.54. The zero-order chi connectivity index (χ0) is 12.6. The molecule has 0 aliphatic carbocycles. The Morgan fingerprint density at radius 2 is 2.06 bits per heavy atom. The fourth-order valence-corrected chi connectivity index (χ4v) is 3.95. The molecule has 0 saturated heterocycles. The van der Waals surface area contributed by atoms with Gasteiger partial charge in [-0.2, -0.15) is 0 Å². The van der Waals surface area contributed by atoms with Crippen molar-refractivity contribution in [2.45, 2.75) is 31.9 Å². The van der Waals surface area contributed by atoms with E-state index in [1.807, 2.05) is 12.1 Å². The van der Waals surface area contributed by atoms with Gasteiger partial charge in [0.15, 0.2) is 0 Å². The maximum Gasteiger partial charge on any atom is 0.237 e. The minimum atomic E-state index is -3.20. The highest BCUT2D eigenvalue weighted by Gasteiger charge is 2.29. The molecule has 0 atom stereocenters. The van der Waals surface area contributed by atoms with Gasteiger partial charge in [-0.15, -0.1) is 0 Å². The van der Waals surface area contributed by atoms with Gasteiger partial charge in [-0.3, -0.25) is 4.31 Å². The van der Waals surface area contributed by atoms with Crippen LogP contribution in [0.3, 0.4) is 0 Å². The van der Waals surface area contributed by atoms with Crippen molar-refractivity contribution in [3.63, 3.8) is 0 Å². The summed E-state index contributed by atoms with van der Waals surface area (Å²) < 4.78 is 27.2. The third-order valence-electron chi connectivity index (χ3n) is 3.02. The number of sulfonamides is 1. The summed E-state index contributed by atoms with van der Waals surface area (Å²) in [6.45, 7) is 4.07. The first kappa shape index (κ1) is 13.1. The van der Waals surface area contributed by atoms with Crippen molar-refractivity contribution >= 4 is 38.3 Å². The molecule has 0 saturated carbocycles. The molecule has 0 radical (unpaired) electrons. The topological polar surface area (TPSA) is 37.4 Å². The second kappa shape index (κ2) is 4.76. The van der Waals surface area contributed by atoms with Crippen LogP contribution < -0.4 is 4.31 Å². The molecular formula is C12H16INO2S. The van der Waals surface area contributed by atoms with Crippen LogP contribution in [0, 0.1) is 3.57 Å². The Balaban J connectivity index is 2.49. The smallest absolute Gasteiger partial charge is 0.237 e. The van der Waals surface area contributed by atoms with Gasteiger partial charge >= 0.3 is 0 Å². The molecule has 0 fully saturated rings. The first-order chi connectivity index (χ1) is 7.93. The summed E-state index contributed by atoms with van der Waals surface area (Å²) in [5.41, 5.74) is 2.01. The summed E-state index contributed by atoms with van der Waals surface area (Å²) >= 11 is 2.26. The maximum atomic E-state index is 12.3. The molecule has 1 heterocycles. The van der Waals surface area contributed by atoms with Crippen molar-refractivity contribution in [3.8, 4) is 0 Å². The van der Waals surface area contributed by atoms with Gasteiger partial charge < -0.3 is 0 Å². The molecule has 1 aromatic carbocycles. The molecule has 3 nitrogen and oxygen atoms in total. The molecule has 0 aromatic heterocycles. The average Bonchev–Trinajstić information content (AvgIpc) is 2.27. The van der Waals surface area contributed by atoms with Crippen LogP contribution in [0.5, 0.6) is 0 Å². The lowest BCUT2D eigenvalue weighted by Gasteiger charge is -2.32. The molecule has 1 aliphatic heterocycles. The van der Waals surface area contributed by atoms with E-state index in [2.05, 4.69) is 28.7 Å². The molecule has 5 heteroatoms. The number of hydrogen-bond acceptors (Lipinski definition) is 2. The van der Waals surface area contributed by atoms with Gasteiger partial charge in [0, 0.05) is 10.1 Å². The van der Waals surface area contributed by atoms with E-state index < -0.39 is 10.0 Å². The fourth-order valence-electron chi connectivity index (χ4n) is 2.05. The van der Waals surface area contributed by atoms with Crippen molar-refractivity contribution < 1.29 is 8.42 Å². The summed E-state index contributed by atoms with van der Waals surface area (Å²) in [7, 11) is -3.20. The van der Waals surface area contributed by atoms with E-state index in [-0.39, 0.29) is 5.25 Å². The molecule has 0 amide bonds.